The van der Waals surface area contributed by atoms with Crippen LogP contribution in [-0.2, 0) is 9.31 Å². The molecule has 6 nitrogen and oxygen atoms in total. The van der Waals surface area contributed by atoms with Crippen molar-refractivity contribution in [1.29, 1.82) is 0 Å². The van der Waals surface area contributed by atoms with Crippen LogP contribution in [0.3, 0.4) is 0 Å². The van der Waals surface area contributed by atoms with E-state index in [-0.39, 0.29) is 19.0 Å². The largest absolute Gasteiger partial charge is 0.494 e. The van der Waals surface area contributed by atoms with Crippen LogP contribution in [0.15, 0.2) is 18.2 Å². The molecule has 0 radical (unpaired) electrons. The highest BCUT2D eigenvalue weighted by molar-refractivity contribution is 6.62. The Balaban J connectivity index is 1.81. The number of anilines is 1. The third kappa shape index (κ3) is 4.89. The molecule has 3 rings (SSSR count). The van der Waals surface area contributed by atoms with Crippen LogP contribution >= 0.6 is 0 Å². The van der Waals surface area contributed by atoms with Crippen LogP contribution in [0.25, 0.3) is 0 Å². The van der Waals surface area contributed by atoms with Crippen LogP contribution in [0.2, 0.25) is 0 Å². The Labute approximate surface area is 186 Å². The summed E-state index contributed by atoms with van der Waals surface area (Å²) in [4.78, 5) is 15.7. The van der Waals surface area contributed by atoms with Crippen LogP contribution in [-0.4, -0.2) is 81.2 Å². The van der Waals surface area contributed by atoms with Gasteiger partial charge in [-0.2, -0.15) is 8.78 Å². The molecule has 2 fully saturated rings. The normalized spacial score (nSPS) is 21.3. The number of hydrogen-bond acceptors (Lipinski definition) is 5. The highest BCUT2D eigenvalue weighted by atomic mass is 19.3. The number of benzene rings is 1. The van der Waals surface area contributed by atoms with Gasteiger partial charge < -0.3 is 19.5 Å². The molecule has 2 heterocycles. The summed E-state index contributed by atoms with van der Waals surface area (Å²) in [6.07, 6.45) is -3.70. The summed E-state index contributed by atoms with van der Waals surface area (Å²) in [7, 11) is 0.905. The average Bonchev–Trinajstić information content (AvgIpc) is 2.94. The first-order chi connectivity index (χ1) is 14.8. The van der Waals surface area contributed by atoms with E-state index >= 15 is 0 Å². The van der Waals surface area contributed by atoms with Crippen LogP contribution in [0.5, 0.6) is 0 Å². The topological polar surface area (TPSA) is 54.0 Å². The molecule has 1 aromatic carbocycles. The number of alkyl halides is 4. The zero-order valence-electron chi connectivity index (χ0n) is 19.1. The lowest BCUT2D eigenvalue weighted by atomic mass is 9.78. The highest BCUT2D eigenvalue weighted by Gasteiger charge is 2.52. The molecule has 0 saturated carbocycles. The van der Waals surface area contributed by atoms with Gasteiger partial charge in [0, 0.05) is 38.9 Å². The molecule has 0 spiro atoms. The molecule has 32 heavy (non-hydrogen) atoms. The number of carbonyl (C=O) groups excluding carboxylic acids is 1. The van der Waals surface area contributed by atoms with E-state index in [2.05, 4.69) is 5.32 Å². The first-order valence-electron chi connectivity index (χ1n) is 10.6. The maximum atomic E-state index is 13.4. The van der Waals surface area contributed by atoms with E-state index in [1.165, 1.54) is 11.9 Å². The van der Waals surface area contributed by atoms with Gasteiger partial charge in [0.2, 0.25) is 0 Å². The standard InChI is InChI=1S/C21H30BF4N3O3/c1-19(2)20(3,4)32-22(31-19)14-6-7-15(17(30)27-5)16(12-14)29-10-8-28(9-11-29)13-21(25,26)18(23)24/h6-7,12,18H,8-11,13H2,1-5H3,(H,27,30). The van der Waals surface area contributed by atoms with Crippen molar-refractivity contribution in [3.05, 3.63) is 23.8 Å². The Morgan fingerprint density at radius 2 is 1.69 bits per heavy atom. The molecule has 11 heteroatoms. The summed E-state index contributed by atoms with van der Waals surface area (Å²) in [5.41, 5.74) is 0.728. The van der Waals surface area contributed by atoms with E-state index in [4.69, 9.17) is 9.31 Å². The number of halogens is 4. The molecule has 2 aliphatic heterocycles. The molecule has 1 N–H and O–H groups in total. The highest BCUT2D eigenvalue weighted by Crippen LogP contribution is 2.37. The quantitative estimate of drug-likeness (QED) is 0.523. The minimum Gasteiger partial charge on any atom is -0.399 e. The fourth-order valence-electron chi connectivity index (χ4n) is 3.78. The van der Waals surface area contributed by atoms with Gasteiger partial charge in [-0.3, -0.25) is 9.69 Å². The fourth-order valence-corrected chi connectivity index (χ4v) is 3.78. The fraction of sp³-hybridized carbons (Fsp3) is 0.667. The van der Waals surface area contributed by atoms with Gasteiger partial charge in [0.15, 0.2) is 0 Å². The predicted octanol–water partition coefficient (Wildman–Crippen LogP) is 2.37. The number of nitrogens with zero attached hydrogens (tertiary/aromatic N) is 2. The van der Waals surface area contributed by atoms with Crippen molar-refractivity contribution in [2.24, 2.45) is 0 Å². The van der Waals surface area contributed by atoms with Gasteiger partial charge in [-0.15, -0.1) is 0 Å². The maximum Gasteiger partial charge on any atom is 0.494 e. The van der Waals surface area contributed by atoms with Gasteiger partial charge in [-0.1, -0.05) is 6.07 Å². The van der Waals surface area contributed by atoms with Gasteiger partial charge >= 0.3 is 19.5 Å². The van der Waals surface area contributed by atoms with Gasteiger partial charge in [0.25, 0.3) is 5.91 Å². The molecule has 1 aromatic rings. The molecule has 2 aliphatic rings. The molecular formula is C21H30BF4N3O3. The van der Waals surface area contributed by atoms with E-state index in [0.29, 0.717) is 24.3 Å². The second-order valence-corrected chi connectivity index (χ2v) is 9.27. The van der Waals surface area contributed by atoms with E-state index < -0.39 is 37.2 Å². The minimum atomic E-state index is -4.05. The number of amides is 1. The molecule has 1 amide bonds. The molecule has 0 atom stereocenters. The van der Waals surface area contributed by atoms with Gasteiger partial charge in [-0.25, -0.2) is 8.78 Å². The van der Waals surface area contributed by atoms with Crippen molar-refractivity contribution in [3.8, 4) is 0 Å². The second-order valence-electron chi connectivity index (χ2n) is 9.27. The third-order valence-corrected chi connectivity index (χ3v) is 6.49. The third-order valence-electron chi connectivity index (χ3n) is 6.49. The first kappa shape index (κ1) is 24.8. The minimum absolute atomic E-state index is 0.177. The van der Waals surface area contributed by atoms with E-state index in [1.807, 2.05) is 38.7 Å². The van der Waals surface area contributed by atoms with Crippen molar-refractivity contribution < 1.29 is 31.7 Å². The molecule has 178 valence electrons. The molecule has 0 aromatic heterocycles. The Hall–Kier alpha value is -1.85. The smallest absolute Gasteiger partial charge is 0.399 e. The zero-order chi connectivity index (χ0) is 23.9. The van der Waals surface area contributed by atoms with E-state index in [9.17, 15) is 22.4 Å². The van der Waals surface area contributed by atoms with Crippen LogP contribution < -0.4 is 15.7 Å². The SMILES string of the molecule is CNC(=O)c1ccc(B2OC(C)(C)C(C)(C)O2)cc1N1CCN(CC(F)(F)C(F)F)CC1. The molecule has 0 bridgehead atoms. The van der Waals surface area contributed by atoms with Gasteiger partial charge in [0.05, 0.1) is 23.3 Å². The van der Waals surface area contributed by atoms with Crippen molar-refractivity contribution in [1.82, 2.24) is 10.2 Å². The molecule has 0 unspecified atom stereocenters. The second kappa shape index (κ2) is 8.83. The Morgan fingerprint density at radius 3 is 2.19 bits per heavy atom. The van der Waals surface area contributed by atoms with E-state index in [1.54, 1.807) is 12.1 Å². The van der Waals surface area contributed by atoms with E-state index in [0.717, 1.165) is 5.46 Å². The Morgan fingerprint density at radius 1 is 1.12 bits per heavy atom. The number of carbonyl (C=O) groups is 1. The number of nitrogens with one attached hydrogen (secondary N) is 1. The molecule has 2 saturated heterocycles. The monoisotopic (exact) mass is 459 g/mol. The number of hydrogen-bond donors (Lipinski definition) is 1. The van der Waals surface area contributed by atoms with Crippen molar-refractivity contribution in [3.63, 3.8) is 0 Å². The summed E-state index contributed by atoms with van der Waals surface area (Å²) in [6.45, 7) is 7.78. The first-order valence-corrected chi connectivity index (χ1v) is 10.6. The predicted molar refractivity (Wildman–Crippen MR) is 115 cm³/mol. The zero-order valence-corrected chi connectivity index (χ0v) is 19.1. The lowest BCUT2D eigenvalue weighted by molar-refractivity contribution is -0.142. The maximum absolute atomic E-state index is 13.4. The summed E-state index contributed by atoms with van der Waals surface area (Å²) < 4.78 is 64.2. The van der Waals surface area contributed by atoms with Crippen molar-refractivity contribution in [2.45, 2.75) is 51.2 Å². The molecular weight excluding hydrogens is 429 g/mol. The van der Waals surface area contributed by atoms with Crippen LogP contribution in [0.4, 0.5) is 23.2 Å². The molecule has 0 aliphatic carbocycles. The summed E-state index contributed by atoms with van der Waals surface area (Å²) in [6, 6.07) is 5.28. The lowest BCUT2D eigenvalue weighted by Crippen LogP contribution is -2.52. The lowest BCUT2D eigenvalue weighted by Gasteiger charge is -2.38. The Kier molecular flexibility index (Phi) is 6.84. The summed E-state index contributed by atoms with van der Waals surface area (Å²) in [5.74, 6) is -4.33. The van der Waals surface area contributed by atoms with Crippen LogP contribution in [0, 0.1) is 0 Å². The summed E-state index contributed by atoms with van der Waals surface area (Å²) in [5, 5.41) is 2.61. The van der Waals surface area contributed by atoms with Crippen molar-refractivity contribution in [2.75, 3.05) is 44.7 Å². The van der Waals surface area contributed by atoms with Crippen molar-refractivity contribution >= 4 is 24.2 Å². The van der Waals surface area contributed by atoms with Gasteiger partial charge in [-0.05, 0) is 45.3 Å². The number of piperazine rings is 1. The van der Waals surface area contributed by atoms with Gasteiger partial charge in [0.1, 0.15) is 0 Å². The van der Waals surface area contributed by atoms with Crippen LogP contribution in [0.1, 0.15) is 38.1 Å². The Bertz CT molecular complexity index is 830. The summed E-state index contributed by atoms with van der Waals surface area (Å²) >= 11 is 0. The average molecular weight is 459 g/mol. The number of rotatable bonds is 6.